The van der Waals surface area contributed by atoms with E-state index in [0.717, 1.165) is 18.5 Å². The topological polar surface area (TPSA) is 23.5 Å². The van der Waals surface area contributed by atoms with Crippen LogP contribution in [0.1, 0.15) is 27.2 Å². The van der Waals surface area contributed by atoms with Crippen LogP contribution in [0.3, 0.4) is 0 Å². The van der Waals surface area contributed by atoms with Crippen molar-refractivity contribution in [1.82, 2.24) is 4.90 Å². The fraction of sp³-hybridized carbons (Fsp3) is 0.600. The fourth-order valence-corrected chi connectivity index (χ4v) is 2.17. The number of aliphatic hydroxyl groups is 1. The summed E-state index contributed by atoms with van der Waals surface area (Å²) in [5, 5.41) is 9.06. The lowest BCUT2D eigenvalue weighted by molar-refractivity contribution is 0.283. The van der Waals surface area contributed by atoms with Crippen LogP contribution in [-0.4, -0.2) is 30.6 Å². The third-order valence-electron chi connectivity index (χ3n) is 2.90. The Morgan fingerprint density at radius 2 is 2.00 bits per heavy atom. The highest BCUT2D eigenvalue weighted by Gasteiger charge is 2.17. The average Bonchev–Trinajstić information content (AvgIpc) is 2.16. The highest BCUT2D eigenvalue weighted by molar-refractivity contribution is 5.22. The molecule has 0 fully saturated rings. The van der Waals surface area contributed by atoms with E-state index in [-0.39, 0.29) is 0 Å². The summed E-state index contributed by atoms with van der Waals surface area (Å²) in [6, 6.07) is 0. The Balaban J connectivity index is 4.50. The van der Waals surface area contributed by atoms with E-state index in [1.54, 1.807) is 13.0 Å². The summed E-state index contributed by atoms with van der Waals surface area (Å²) in [5.74, 6) is 1.41. The molecule has 0 aromatic carbocycles. The largest absolute Gasteiger partial charge is 0.513 e. The van der Waals surface area contributed by atoms with E-state index in [1.165, 1.54) is 0 Å². The van der Waals surface area contributed by atoms with Gasteiger partial charge in [0, 0.05) is 6.54 Å². The molecule has 2 heteroatoms. The second-order valence-electron chi connectivity index (χ2n) is 5.00. The Hall–Kier alpha value is -1.02. The van der Waals surface area contributed by atoms with Gasteiger partial charge in [-0.15, -0.1) is 0 Å². The molecule has 0 aliphatic carbocycles. The molecule has 0 saturated carbocycles. The van der Waals surface area contributed by atoms with Gasteiger partial charge in [0.1, 0.15) is 0 Å². The molecule has 0 rings (SSSR count). The maximum Gasteiger partial charge on any atom is 0.0891 e. The maximum absolute atomic E-state index is 9.06. The summed E-state index contributed by atoms with van der Waals surface area (Å²) < 4.78 is 0. The zero-order valence-corrected chi connectivity index (χ0v) is 11.9. The lowest BCUT2D eigenvalue weighted by atomic mass is 9.85. The van der Waals surface area contributed by atoms with Gasteiger partial charge in [-0.05, 0) is 45.4 Å². The van der Waals surface area contributed by atoms with Crippen molar-refractivity contribution in [2.45, 2.75) is 27.2 Å². The molecule has 0 heterocycles. The predicted molar refractivity (Wildman–Crippen MR) is 76.2 cm³/mol. The van der Waals surface area contributed by atoms with E-state index in [1.807, 2.05) is 12.2 Å². The van der Waals surface area contributed by atoms with Gasteiger partial charge in [0.15, 0.2) is 0 Å². The summed E-state index contributed by atoms with van der Waals surface area (Å²) in [5.41, 5.74) is 1.14. The van der Waals surface area contributed by atoms with Crippen LogP contribution < -0.4 is 0 Å². The summed E-state index contributed by atoms with van der Waals surface area (Å²) in [7, 11) is 4.19. The first-order valence-corrected chi connectivity index (χ1v) is 6.25. The lowest BCUT2D eigenvalue weighted by Gasteiger charge is -2.26. The maximum atomic E-state index is 9.06. The van der Waals surface area contributed by atoms with Gasteiger partial charge in [0.25, 0.3) is 0 Å². The minimum Gasteiger partial charge on any atom is -0.513 e. The molecule has 0 aromatic rings. The van der Waals surface area contributed by atoms with Gasteiger partial charge in [-0.2, -0.15) is 0 Å². The summed E-state index contributed by atoms with van der Waals surface area (Å²) in [6.45, 7) is 11.3. The third kappa shape index (κ3) is 7.01. The van der Waals surface area contributed by atoms with Crippen molar-refractivity contribution in [2.24, 2.45) is 11.8 Å². The highest BCUT2D eigenvalue weighted by atomic mass is 16.3. The SMILES string of the molecule is C=C(/C=C\C=C(/C)O)[C@H](CC)[C@@H](C)CN(C)C. The average molecular weight is 237 g/mol. The summed E-state index contributed by atoms with van der Waals surface area (Å²) in [6.07, 6.45) is 6.65. The number of nitrogens with zero attached hydrogens (tertiary/aromatic N) is 1. The second-order valence-corrected chi connectivity index (χ2v) is 5.00. The van der Waals surface area contributed by atoms with Crippen molar-refractivity contribution in [1.29, 1.82) is 0 Å². The molecule has 0 aliphatic rings. The van der Waals surface area contributed by atoms with Gasteiger partial charge in [-0.3, -0.25) is 0 Å². The van der Waals surface area contributed by atoms with Crippen LogP contribution in [0.4, 0.5) is 0 Å². The van der Waals surface area contributed by atoms with Gasteiger partial charge >= 0.3 is 0 Å². The molecular formula is C15H27NO. The Morgan fingerprint density at radius 3 is 2.41 bits per heavy atom. The first-order valence-electron chi connectivity index (χ1n) is 6.25. The number of rotatable bonds is 7. The van der Waals surface area contributed by atoms with Crippen molar-refractivity contribution in [3.63, 3.8) is 0 Å². The number of allylic oxidation sites excluding steroid dienone is 5. The Bertz CT molecular complexity index is 285. The number of aliphatic hydroxyl groups excluding tert-OH is 1. The quantitative estimate of drug-likeness (QED) is 0.538. The summed E-state index contributed by atoms with van der Waals surface area (Å²) in [4.78, 5) is 2.21. The first kappa shape index (κ1) is 16.0. The van der Waals surface area contributed by atoms with Crippen LogP contribution in [0, 0.1) is 11.8 Å². The molecule has 0 unspecified atom stereocenters. The van der Waals surface area contributed by atoms with Gasteiger partial charge < -0.3 is 10.0 Å². The van der Waals surface area contributed by atoms with E-state index in [4.69, 9.17) is 5.11 Å². The van der Waals surface area contributed by atoms with Crippen LogP contribution >= 0.6 is 0 Å². The number of hydrogen-bond donors (Lipinski definition) is 1. The highest BCUT2D eigenvalue weighted by Crippen LogP contribution is 2.24. The van der Waals surface area contributed by atoms with Crippen molar-refractivity contribution >= 4 is 0 Å². The minimum atomic E-state index is 0.323. The molecule has 0 bridgehead atoms. The van der Waals surface area contributed by atoms with Gasteiger partial charge in [-0.25, -0.2) is 0 Å². The number of hydrogen-bond acceptors (Lipinski definition) is 2. The minimum absolute atomic E-state index is 0.323. The molecule has 17 heavy (non-hydrogen) atoms. The molecule has 0 saturated heterocycles. The van der Waals surface area contributed by atoms with E-state index in [2.05, 4.69) is 39.4 Å². The Kier molecular flexibility index (Phi) is 7.64. The van der Waals surface area contributed by atoms with Crippen LogP contribution in [0.2, 0.25) is 0 Å². The lowest BCUT2D eigenvalue weighted by Crippen LogP contribution is -2.25. The van der Waals surface area contributed by atoms with Crippen molar-refractivity contribution in [2.75, 3.05) is 20.6 Å². The predicted octanol–water partition coefficient (Wildman–Crippen LogP) is 3.78. The zero-order chi connectivity index (χ0) is 13.4. The van der Waals surface area contributed by atoms with E-state index in [0.29, 0.717) is 17.6 Å². The molecule has 1 N–H and O–H groups in total. The van der Waals surface area contributed by atoms with Crippen LogP contribution in [0.15, 0.2) is 36.1 Å². The molecule has 0 amide bonds. The van der Waals surface area contributed by atoms with Crippen molar-refractivity contribution in [3.05, 3.63) is 36.1 Å². The molecule has 2 nitrogen and oxygen atoms in total. The van der Waals surface area contributed by atoms with E-state index in [9.17, 15) is 0 Å². The molecule has 2 atom stereocenters. The normalized spacial score (nSPS) is 16.5. The second kappa shape index (κ2) is 8.13. The Labute approximate surface area is 106 Å². The summed E-state index contributed by atoms with van der Waals surface area (Å²) >= 11 is 0. The van der Waals surface area contributed by atoms with Gasteiger partial charge in [0.2, 0.25) is 0 Å². The van der Waals surface area contributed by atoms with Crippen molar-refractivity contribution in [3.8, 4) is 0 Å². The van der Waals surface area contributed by atoms with Crippen LogP contribution in [0.5, 0.6) is 0 Å². The van der Waals surface area contributed by atoms with E-state index >= 15 is 0 Å². The van der Waals surface area contributed by atoms with Gasteiger partial charge in [0.05, 0.1) is 5.76 Å². The smallest absolute Gasteiger partial charge is 0.0891 e. The third-order valence-corrected chi connectivity index (χ3v) is 2.90. The van der Waals surface area contributed by atoms with Crippen molar-refractivity contribution < 1.29 is 5.11 Å². The Morgan fingerprint density at radius 1 is 1.41 bits per heavy atom. The van der Waals surface area contributed by atoms with E-state index < -0.39 is 0 Å². The molecular weight excluding hydrogens is 210 g/mol. The molecule has 0 spiro atoms. The fourth-order valence-electron chi connectivity index (χ4n) is 2.17. The molecule has 0 radical (unpaired) electrons. The van der Waals surface area contributed by atoms with Crippen LogP contribution in [-0.2, 0) is 0 Å². The molecule has 98 valence electrons. The first-order chi connectivity index (χ1) is 7.88. The monoisotopic (exact) mass is 237 g/mol. The standard InChI is InChI=1S/C15H27NO/c1-7-15(13(3)11-16(5)6)12(2)9-8-10-14(4)17/h8-10,13,15,17H,2,7,11H2,1,3-6H3/b9-8-,14-10+/t13-,15-/m0/s1. The molecule has 0 aliphatic heterocycles. The van der Waals surface area contributed by atoms with Gasteiger partial charge in [-0.1, -0.05) is 38.2 Å². The zero-order valence-electron chi connectivity index (χ0n) is 11.9. The van der Waals surface area contributed by atoms with Crippen LogP contribution in [0.25, 0.3) is 0 Å². The molecule has 0 aromatic heterocycles.